The first-order chi connectivity index (χ1) is 13.5. The van der Waals surface area contributed by atoms with Gasteiger partial charge in [0.25, 0.3) is 0 Å². The van der Waals surface area contributed by atoms with Crippen molar-refractivity contribution in [2.45, 2.75) is 51.6 Å². The van der Waals surface area contributed by atoms with Gasteiger partial charge in [0.05, 0.1) is 17.6 Å². The van der Waals surface area contributed by atoms with Crippen molar-refractivity contribution >= 4 is 28.6 Å². The number of rotatable bonds is 4. The van der Waals surface area contributed by atoms with E-state index in [1.54, 1.807) is 6.92 Å². The zero-order chi connectivity index (χ0) is 20.1. The summed E-state index contributed by atoms with van der Waals surface area (Å²) in [5.74, 6) is 2.94. The van der Waals surface area contributed by atoms with E-state index < -0.39 is 5.91 Å². The molecule has 8 heteroatoms. The van der Waals surface area contributed by atoms with E-state index in [0.717, 1.165) is 36.6 Å². The average Bonchev–Trinajstić information content (AvgIpc) is 2.67. The fraction of sp³-hybridized carbons (Fsp3) is 0.400. The van der Waals surface area contributed by atoms with Crippen LogP contribution in [0.15, 0.2) is 23.2 Å². The van der Waals surface area contributed by atoms with Crippen LogP contribution in [0.25, 0.3) is 10.9 Å². The molecule has 0 aliphatic heterocycles. The lowest BCUT2D eigenvalue weighted by molar-refractivity contribution is 0.0964. The summed E-state index contributed by atoms with van der Waals surface area (Å²) < 4.78 is 0. The Kier molecular flexibility index (Phi) is 5.94. The molecule has 2 atom stereocenters. The molecule has 1 aliphatic carbocycles. The normalized spacial score (nSPS) is 18.6. The summed E-state index contributed by atoms with van der Waals surface area (Å²) in [5.41, 5.74) is 13.0. The topological polar surface area (TPSA) is 131 Å². The predicted octanol–water partition coefficient (Wildman–Crippen LogP) is 1.65. The third kappa shape index (κ3) is 4.49. The van der Waals surface area contributed by atoms with E-state index in [2.05, 4.69) is 37.6 Å². The molecule has 1 heterocycles. The number of aryl methyl sites for hydroxylation is 1. The van der Waals surface area contributed by atoms with Gasteiger partial charge in [-0.25, -0.2) is 15.0 Å². The van der Waals surface area contributed by atoms with Crippen LogP contribution in [0.4, 0.5) is 5.82 Å². The number of fused-ring (bicyclic) bond motifs is 1. The summed E-state index contributed by atoms with van der Waals surface area (Å²) in [4.78, 5) is 25.6. The summed E-state index contributed by atoms with van der Waals surface area (Å²) in [6.07, 6.45) is 3.97. The van der Waals surface area contributed by atoms with Crippen molar-refractivity contribution < 1.29 is 4.79 Å². The predicted molar refractivity (Wildman–Crippen MR) is 111 cm³/mol. The summed E-state index contributed by atoms with van der Waals surface area (Å²) in [7, 11) is 0. The van der Waals surface area contributed by atoms with Crippen LogP contribution in [0.1, 0.15) is 48.8 Å². The van der Waals surface area contributed by atoms with Crippen molar-refractivity contribution in [3.05, 3.63) is 29.6 Å². The van der Waals surface area contributed by atoms with Crippen LogP contribution in [-0.2, 0) is 0 Å². The molecule has 1 fully saturated rings. The minimum absolute atomic E-state index is 0.0285. The van der Waals surface area contributed by atoms with E-state index in [4.69, 9.17) is 11.5 Å². The van der Waals surface area contributed by atoms with Gasteiger partial charge in [0.15, 0.2) is 5.96 Å². The molecule has 3 rings (SSSR count). The van der Waals surface area contributed by atoms with Crippen LogP contribution in [0.2, 0.25) is 0 Å². The average molecular weight is 379 g/mol. The number of nitrogens with one attached hydrogen (secondary N) is 2. The molecule has 2 aromatic rings. The smallest absolute Gasteiger partial charge is 0.300 e. The number of carbonyl (C=O) groups excluding carboxylic acids is 1. The molecular formula is C20H25N7O. The maximum Gasteiger partial charge on any atom is 0.300 e. The number of hydrogen-bond donors (Lipinski definition) is 4. The SMILES string of the molecule is CC#CNC(=O)c1nc(NC2CCCCC2N=C(N)N)c2cc(C)ccc2n1. The van der Waals surface area contributed by atoms with Gasteiger partial charge in [-0.15, -0.1) is 0 Å². The minimum atomic E-state index is -0.440. The highest BCUT2D eigenvalue weighted by molar-refractivity contribution is 5.97. The van der Waals surface area contributed by atoms with Crippen molar-refractivity contribution in [2.24, 2.45) is 16.5 Å². The number of guanidine groups is 1. The van der Waals surface area contributed by atoms with E-state index in [-0.39, 0.29) is 23.9 Å². The van der Waals surface area contributed by atoms with E-state index in [9.17, 15) is 4.79 Å². The lowest BCUT2D eigenvalue weighted by Crippen LogP contribution is -2.38. The van der Waals surface area contributed by atoms with Crippen molar-refractivity contribution in [1.82, 2.24) is 15.3 Å². The molecule has 28 heavy (non-hydrogen) atoms. The van der Waals surface area contributed by atoms with E-state index in [0.29, 0.717) is 11.3 Å². The Morgan fingerprint density at radius 2 is 2.04 bits per heavy atom. The van der Waals surface area contributed by atoms with Gasteiger partial charge in [-0.3, -0.25) is 10.1 Å². The second kappa shape index (κ2) is 8.57. The lowest BCUT2D eigenvalue weighted by atomic mass is 9.90. The number of hydrogen-bond acceptors (Lipinski definition) is 5. The molecule has 8 nitrogen and oxygen atoms in total. The van der Waals surface area contributed by atoms with Crippen LogP contribution >= 0.6 is 0 Å². The number of benzene rings is 1. The Bertz CT molecular complexity index is 970. The second-order valence-electron chi connectivity index (χ2n) is 6.90. The number of aliphatic imine (C=N–C) groups is 1. The van der Waals surface area contributed by atoms with Gasteiger partial charge in [0.2, 0.25) is 5.82 Å². The van der Waals surface area contributed by atoms with Crippen molar-refractivity contribution in [3.63, 3.8) is 0 Å². The Hall–Kier alpha value is -3.34. The molecule has 0 radical (unpaired) electrons. The molecule has 0 bridgehead atoms. The fourth-order valence-corrected chi connectivity index (χ4v) is 3.43. The first-order valence-electron chi connectivity index (χ1n) is 9.33. The number of nitrogens with two attached hydrogens (primary N) is 2. The molecule has 1 aromatic carbocycles. The quantitative estimate of drug-likeness (QED) is 0.276. The van der Waals surface area contributed by atoms with Crippen LogP contribution in [0.5, 0.6) is 0 Å². The number of carbonyl (C=O) groups is 1. The first-order valence-corrected chi connectivity index (χ1v) is 9.33. The number of aromatic nitrogens is 2. The minimum Gasteiger partial charge on any atom is -0.370 e. The van der Waals surface area contributed by atoms with E-state index >= 15 is 0 Å². The van der Waals surface area contributed by atoms with Gasteiger partial charge in [0, 0.05) is 11.4 Å². The second-order valence-corrected chi connectivity index (χ2v) is 6.90. The summed E-state index contributed by atoms with van der Waals surface area (Å²) in [6.45, 7) is 3.65. The number of nitrogens with zero attached hydrogens (tertiary/aromatic N) is 3. The van der Waals surface area contributed by atoms with Crippen LogP contribution < -0.4 is 22.1 Å². The highest BCUT2D eigenvalue weighted by atomic mass is 16.2. The molecule has 146 valence electrons. The van der Waals surface area contributed by atoms with E-state index in [1.807, 2.05) is 25.1 Å². The monoisotopic (exact) mass is 379 g/mol. The van der Waals surface area contributed by atoms with Gasteiger partial charge >= 0.3 is 5.91 Å². The first kappa shape index (κ1) is 19.4. The van der Waals surface area contributed by atoms with Crippen LogP contribution in [0, 0.1) is 18.9 Å². The Morgan fingerprint density at radius 3 is 2.79 bits per heavy atom. The van der Waals surface area contributed by atoms with Gasteiger partial charge in [0.1, 0.15) is 5.82 Å². The third-order valence-electron chi connectivity index (χ3n) is 4.72. The van der Waals surface area contributed by atoms with Crippen LogP contribution in [-0.4, -0.2) is 33.9 Å². The fourth-order valence-electron chi connectivity index (χ4n) is 3.43. The van der Waals surface area contributed by atoms with Crippen molar-refractivity contribution in [2.75, 3.05) is 5.32 Å². The molecule has 1 aliphatic rings. The molecule has 0 spiro atoms. The summed E-state index contributed by atoms with van der Waals surface area (Å²) in [6, 6.07) is 8.38. The molecule has 6 N–H and O–H groups in total. The van der Waals surface area contributed by atoms with Crippen molar-refractivity contribution in [1.29, 1.82) is 0 Å². The van der Waals surface area contributed by atoms with Gasteiger partial charge in [-0.1, -0.05) is 30.4 Å². The zero-order valence-corrected chi connectivity index (χ0v) is 16.1. The molecule has 0 saturated heterocycles. The summed E-state index contributed by atoms with van der Waals surface area (Å²) in [5, 5.41) is 6.81. The van der Waals surface area contributed by atoms with Crippen molar-refractivity contribution in [3.8, 4) is 12.0 Å². The highest BCUT2D eigenvalue weighted by Crippen LogP contribution is 2.28. The van der Waals surface area contributed by atoms with Crippen LogP contribution in [0.3, 0.4) is 0 Å². The third-order valence-corrected chi connectivity index (χ3v) is 4.72. The maximum absolute atomic E-state index is 12.3. The molecule has 2 unspecified atom stereocenters. The maximum atomic E-state index is 12.3. The van der Waals surface area contributed by atoms with E-state index in [1.165, 1.54) is 0 Å². The zero-order valence-electron chi connectivity index (χ0n) is 16.1. The molecule has 1 amide bonds. The van der Waals surface area contributed by atoms with Gasteiger partial charge < -0.3 is 16.8 Å². The van der Waals surface area contributed by atoms with Gasteiger partial charge in [-0.05, 0) is 38.8 Å². The summed E-state index contributed by atoms with van der Waals surface area (Å²) >= 11 is 0. The largest absolute Gasteiger partial charge is 0.370 e. The molecule has 1 aromatic heterocycles. The Morgan fingerprint density at radius 1 is 1.25 bits per heavy atom. The lowest BCUT2D eigenvalue weighted by Gasteiger charge is -2.30. The highest BCUT2D eigenvalue weighted by Gasteiger charge is 2.26. The standard InChI is InChI=1S/C20H25N7O/c1-3-10-23-19(28)18-24-14-9-8-12(2)11-13(14)17(27-18)25-15-6-4-5-7-16(15)26-20(21)22/h8-9,11,15-16H,4-7H2,1-2H3,(H,23,28)(H4,21,22,26)(H,24,25,27). The molecule has 1 saturated carbocycles. The molecular weight excluding hydrogens is 354 g/mol. The number of amides is 1. The Balaban J connectivity index is 2.01. The van der Waals surface area contributed by atoms with Gasteiger partial charge in [-0.2, -0.15) is 0 Å². The number of anilines is 1. The Labute approximate surface area is 164 Å².